The van der Waals surface area contributed by atoms with Crippen LogP contribution in [0.25, 0.3) is 5.70 Å². The number of carboxylic acid groups (broad SMARTS) is 1. The summed E-state index contributed by atoms with van der Waals surface area (Å²) in [5, 5.41) is 13.6. The van der Waals surface area contributed by atoms with E-state index >= 15 is 0 Å². The molecule has 0 fully saturated rings. The number of carbonyl (C=O) groups is 1. The van der Waals surface area contributed by atoms with Gasteiger partial charge in [-0.15, -0.1) is 11.8 Å². The van der Waals surface area contributed by atoms with E-state index in [1.165, 1.54) is 23.9 Å². The van der Waals surface area contributed by atoms with Crippen molar-refractivity contribution < 1.29 is 14.3 Å². The highest BCUT2D eigenvalue weighted by atomic mass is 32.2. The first kappa shape index (κ1) is 11.0. The smallest absolute Gasteiger partial charge is 0.326 e. The molecule has 2 rings (SSSR count). The van der Waals surface area contributed by atoms with Crippen molar-refractivity contribution in [1.29, 1.82) is 0 Å². The minimum absolute atomic E-state index is 0.303. The van der Waals surface area contributed by atoms with Gasteiger partial charge in [0, 0.05) is 11.4 Å². The fourth-order valence-electron chi connectivity index (χ4n) is 1.40. The Morgan fingerprint density at radius 1 is 1.44 bits per heavy atom. The van der Waals surface area contributed by atoms with Gasteiger partial charge in [0.15, 0.2) is 0 Å². The molecule has 0 bridgehead atoms. The molecule has 1 aromatic rings. The van der Waals surface area contributed by atoms with Gasteiger partial charge >= 0.3 is 5.97 Å². The number of hydrogen-bond acceptors (Lipinski definition) is 3. The van der Waals surface area contributed by atoms with Crippen molar-refractivity contribution in [3.05, 3.63) is 41.1 Å². The zero-order valence-electron chi connectivity index (χ0n) is 8.31. The predicted octanol–water partition coefficient (Wildman–Crippen LogP) is 1.91. The lowest BCUT2D eigenvalue weighted by Crippen LogP contribution is -2.39. The van der Waals surface area contributed by atoms with E-state index in [0.29, 0.717) is 5.75 Å². The number of benzene rings is 1. The lowest BCUT2D eigenvalue weighted by molar-refractivity contribution is -0.138. The summed E-state index contributed by atoms with van der Waals surface area (Å²) >= 11 is 1.44. The third-order valence-electron chi connectivity index (χ3n) is 2.25. The Kier molecular flexibility index (Phi) is 3.14. The Hall–Kier alpha value is -1.49. The monoisotopic (exact) mass is 239 g/mol. The predicted molar refractivity (Wildman–Crippen MR) is 61.4 cm³/mol. The molecule has 2 N–H and O–H groups in total. The minimum atomic E-state index is -0.875. The molecule has 1 aromatic carbocycles. The van der Waals surface area contributed by atoms with E-state index in [-0.39, 0.29) is 5.82 Å². The summed E-state index contributed by atoms with van der Waals surface area (Å²) in [5.41, 5.74) is 1.52. The summed E-state index contributed by atoms with van der Waals surface area (Å²) < 4.78 is 12.7. The summed E-state index contributed by atoms with van der Waals surface area (Å²) in [5.74, 6) is -0.678. The molecule has 0 amide bonds. The van der Waals surface area contributed by atoms with Crippen LogP contribution in [0.1, 0.15) is 5.56 Å². The van der Waals surface area contributed by atoms with Crippen molar-refractivity contribution in [1.82, 2.24) is 5.32 Å². The Labute approximate surface area is 96.4 Å². The number of hydrogen-bond donors (Lipinski definition) is 2. The van der Waals surface area contributed by atoms with Crippen LogP contribution in [-0.2, 0) is 4.79 Å². The van der Waals surface area contributed by atoms with E-state index in [2.05, 4.69) is 5.32 Å². The van der Waals surface area contributed by atoms with Gasteiger partial charge in [-0.3, -0.25) is 0 Å². The summed E-state index contributed by atoms with van der Waals surface area (Å²) in [6.07, 6.45) is 0. The summed E-state index contributed by atoms with van der Waals surface area (Å²) in [6.45, 7) is 0. The fourth-order valence-corrected chi connectivity index (χ4v) is 2.29. The van der Waals surface area contributed by atoms with E-state index in [1.807, 2.05) is 5.41 Å². The van der Waals surface area contributed by atoms with Crippen molar-refractivity contribution in [2.24, 2.45) is 0 Å². The summed E-state index contributed by atoms with van der Waals surface area (Å²) in [4.78, 5) is 10.8. The first-order valence-corrected chi connectivity index (χ1v) is 5.79. The molecule has 0 saturated carbocycles. The van der Waals surface area contributed by atoms with Crippen LogP contribution in [0.5, 0.6) is 0 Å². The highest BCUT2D eigenvalue weighted by molar-refractivity contribution is 8.02. The molecular weight excluding hydrogens is 229 g/mol. The van der Waals surface area contributed by atoms with Crippen LogP contribution in [0.4, 0.5) is 4.39 Å². The Bertz CT molecular complexity index is 430. The van der Waals surface area contributed by atoms with Crippen LogP contribution in [0, 0.1) is 5.82 Å². The first-order chi connectivity index (χ1) is 7.66. The number of thioether (sulfide) groups is 1. The molecule has 1 atom stereocenters. The van der Waals surface area contributed by atoms with Crippen LogP contribution in [-0.4, -0.2) is 22.9 Å². The van der Waals surface area contributed by atoms with E-state index in [1.54, 1.807) is 12.1 Å². The third kappa shape index (κ3) is 2.36. The van der Waals surface area contributed by atoms with Gasteiger partial charge in [0.25, 0.3) is 0 Å². The van der Waals surface area contributed by atoms with Gasteiger partial charge in [-0.1, -0.05) is 0 Å². The highest BCUT2D eigenvalue weighted by Gasteiger charge is 2.21. The molecule has 0 aromatic heterocycles. The molecule has 1 aliphatic rings. The molecule has 1 heterocycles. The van der Waals surface area contributed by atoms with E-state index < -0.39 is 12.0 Å². The molecule has 0 unspecified atom stereocenters. The van der Waals surface area contributed by atoms with Crippen LogP contribution in [0.2, 0.25) is 0 Å². The molecule has 3 nitrogen and oxygen atoms in total. The fraction of sp³-hybridized carbons (Fsp3) is 0.182. The zero-order valence-corrected chi connectivity index (χ0v) is 9.13. The Morgan fingerprint density at radius 3 is 2.75 bits per heavy atom. The van der Waals surface area contributed by atoms with Gasteiger partial charge in [-0.2, -0.15) is 0 Å². The van der Waals surface area contributed by atoms with Crippen molar-refractivity contribution in [2.45, 2.75) is 6.04 Å². The maximum Gasteiger partial charge on any atom is 0.326 e. The second-order valence-electron chi connectivity index (χ2n) is 3.41. The largest absolute Gasteiger partial charge is 0.480 e. The molecule has 0 saturated heterocycles. The van der Waals surface area contributed by atoms with Crippen LogP contribution in [0.15, 0.2) is 29.7 Å². The first-order valence-electron chi connectivity index (χ1n) is 4.74. The molecule has 16 heavy (non-hydrogen) atoms. The number of nitrogens with one attached hydrogen (secondary N) is 1. The maximum absolute atomic E-state index is 12.7. The van der Waals surface area contributed by atoms with Gasteiger partial charge in [-0.05, 0) is 35.2 Å². The SMILES string of the molecule is O=C(O)[C@@H]1CSC=C(c2ccc(F)cc2)N1. The molecule has 0 spiro atoms. The maximum atomic E-state index is 12.7. The second-order valence-corrected chi connectivity index (χ2v) is 4.31. The van der Waals surface area contributed by atoms with Crippen LogP contribution < -0.4 is 5.32 Å². The van der Waals surface area contributed by atoms with Crippen molar-refractivity contribution in [3.63, 3.8) is 0 Å². The summed E-state index contributed by atoms with van der Waals surface area (Å²) in [6, 6.07) is 5.37. The van der Waals surface area contributed by atoms with Gasteiger partial charge in [0.1, 0.15) is 11.9 Å². The highest BCUT2D eigenvalue weighted by Crippen LogP contribution is 2.22. The number of rotatable bonds is 2. The lowest BCUT2D eigenvalue weighted by Gasteiger charge is -2.22. The molecule has 0 radical (unpaired) electrons. The normalized spacial score (nSPS) is 19.8. The quantitative estimate of drug-likeness (QED) is 0.827. The van der Waals surface area contributed by atoms with E-state index in [0.717, 1.165) is 11.3 Å². The molecule has 84 valence electrons. The van der Waals surface area contributed by atoms with Gasteiger partial charge in [-0.25, -0.2) is 9.18 Å². The standard InChI is InChI=1S/C11H10FNO2S/c12-8-3-1-7(2-4-8)9-5-16-6-10(13-9)11(14)15/h1-5,10,13H,6H2,(H,14,15)/t10-/m0/s1. The van der Waals surface area contributed by atoms with Crippen LogP contribution >= 0.6 is 11.8 Å². The summed E-state index contributed by atoms with van der Waals surface area (Å²) in [7, 11) is 0. The van der Waals surface area contributed by atoms with Crippen molar-refractivity contribution in [3.8, 4) is 0 Å². The minimum Gasteiger partial charge on any atom is -0.480 e. The molecule has 0 aliphatic carbocycles. The zero-order chi connectivity index (χ0) is 11.5. The van der Waals surface area contributed by atoms with Gasteiger partial charge in [0.05, 0.1) is 0 Å². The Morgan fingerprint density at radius 2 is 2.12 bits per heavy atom. The van der Waals surface area contributed by atoms with Gasteiger partial charge in [0.2, 0.25) is 0 Å². The molecular formula is C11H10FNO2S. The number of aliphatic carboxylic acids is 1. The van der Waals surface area contributed by atoms with E-state index in [4.69, 9.17) is 5.11 Å². The lowest BCUT2D eigenvalue weighted by atomic mass is 10.1. The Balaban J connectivity index is 2.18. The number of carboxylic acids is 1. The molecule has 1 aliphatic heterocycles. The van der Waals surface area contributed by atoms with E-state index in [9.17, 15) is 9.18 Å². The van der Waals surface area contributed by atoms with Crippen molar-refractivity contribution in [2.75, 3.05) is 5.75 Å². The third-order valence-corrected chi connectivity index (χ3v) is 3.18. The average molecular weight is 239 g/mol. The van der Waals surface area contributed by atoms with Crippen LogP contribution in [0.3, 0.4) is 0 Å². The average Bonchev–Trinajstić information content (AvgIpc) is 2.30. The topological polar surface area (TPSA) is 49.3 Å². The second kappa shape index (κ2) is 4.57. The van der Waals surface area contributed by atoms with Crippen molar-refractivity contribution >= 4 is 23.4 Å². The van der Waals surface area contributed by atoms with Gasteiger partial charge < -0.3 is 10.4 Å². The molecule has 5 heteroatoms. The number of halogens is 1.